The van der Waals surface area contributed by atoms with Gasteiger partial charge in [-0.05, 0) is 60.0 Å². The molecule has 1 aromatic heterocycles. The summed E-state index contributed by atoms with van der Waals surface area (Å²) in [4.78, 5) is 24.2. The number of hydrogen-bond acceptors (Lipinski definition) is 4. The number of aryl methyl sites for hydroxylation is 2. The van der Waals surface area contributed by atoms with Gasteiger partial charge in [-0.3, -0.25) is 9.59 Å². The lowest BCUT2D eigenvalue weighted by Crippen LogP contribution is -2.24. The molecule has 3 rings (SSSR count). The van der Waals surface area contributed by atoms with Crippen molar-refractivity contribution in [1.29, 1.82) is 0 Å². The minimum atomic E-state index is -0.332. The van der Waals surface area contributed by atoms with Crippen molar-refractivity contribution in [1.82, 2.24) is 9.88 Å². The van der Waals surface area contributed by atoms with E-state index in [9.17, 15) is 14.7 Å². The second kappa shape index (κ2) is 10.3. The van der Waals surface area contributed by atoms with Crippen molar-refractivity contribution >= 4 is 44.3 Å². The Morgan fingerprint density at radius 1 is 1.13 bits per heavy atom. The molecular weight excluding hydrogens is 460 g/mol. The van der Waals surface area contributed by atoms with Crippen molar-refractivity contribution in [2.75, 3.05) is 6.54 Å². The number of carbonyl (C=O) groups excluding carboxylic acids is 2. The van der Waals surface area contributed by atoms with Gasteiger partial charge in [-0.15, -0.1) is 10.2 Å². The summed E-state index contributed by atoms with van der Waals surface area (Å²) >= 11 is 3.37. The van der Waals surface area contributed by atoms with Crippen molar-refractivity contribution in [2.24, 2.45) is 17.3 Å². The summed E-state index contributed by atoms with van der Waals surface area (Å²) in [6, 6.07) is 13.0. The molecule has 0 aliphatic carbocycles. The van der Waals surface area contributed by atoms with Crippen LogP contribution in [0, 0.1) is 6.92 Å². The molecule has 0 atom stereocenters. The minimum absolute atomic E-state index is 0.0158. The number of halogens is 1. The average molecular weight is 485 g/mol. The van der Waals surface area contributed by atoms with E-state index in [1.165, 1.54) is 0 Å². The third kappa shape index (κ3) is 5.58. The molecule has 0 aliphatic heterocycles. The maximum absolute atomic E-state index is 12.1. The predicted octanol–water partition coefficient (Wildman–Crippen LogP) is 5.56. The van der Waals surface area contributed by atoms with Crippen LogP contribution in [-0.2, 0) is 11.8 Å². The van der Waals surface area contributed by atoms with Crippen LogP contribution in [0.25, 0.3) is 10.9 Å². The molecule has 31 heavy (non-hydrogen) atoms. The topological polar surface area (TPSA) is 96.1 Å². The molecule has 0 saturated heterocycles. The molecule has 0 spiro atoms. The quantitative estimate of drug-likeness (QED) is 0.323. The van der Waals surface area contributed by atoms with E-state index in [0.717, 1.165) is 33.8 Å². The number of carbonyl (C=O) groups is 2. The predicted molar refractivity (Wildman–Crippen MR) is 124 cm³/mol. The number of fused-ring (bicyclic) bond motifs is 1. The number of aromatic nitrogens is 1. The molecular formula is C23H25BrN4O3. The molecule has 0 unspecified atom stereocenters. The summed E-state index contributed by atoms with van der Waals surface area (Å²) in [6.07, 6.45) is 2.48. The Bertz CT molecular complexity index is 1140. The summed E-state index contributed by atoms with van der Waals surface area (Å²) in [6.45, 7) is 2.50. The van der Waals surface area contributed by atoms with Crippen LogP contribution in [-0.4, -0.2) is 28.0 Å². The third-order valence-corrected chi connectivity index (χ3v) is 5.72. The standard InChI is InChI=1S/C23H25BrN4O3/c1-15-11-12-19-17(14-15)21(23(31)28(19)2)27-26-20(29)10-4-3-7-13-25-22(30)16-8-5-6-9-18(16)24/h5-6,8-9,11-12,14,31H,3-4,7,10,13H2,1-2H3,(H,25,30). The molecule has 3 aromatic rings. The lowest BCUT2D eigenvalue weighted by molar-refractivity contribution is -0.118. The molecule has 0 radical (unpaired) electrons. The van der Waals surface area contributed by atoms with E-state index in [1.807, 2.05) is 43.3 Å². The third-order valence-electron chi connectivity index (χ3n) is 5.03. The highest BCUT2D eigenvalue weighted by Gasteiger charge is 2.15. The monoisotopic (exact) mass is 484 g/mol. The fourth-order valence-electron chi connectivity index (χ4n) is 3.30. The van der Waals surface area contributed by atoms with Crippen LogP contribution in [0.3, 0.4) is 0 Å². The first kappa shape index (κ1) is 22.7. The van der Waals surface area contributed by atoms with Gasteiger partial charge in [0, 0.05) is 29.9 Å². The lowest BCUT2D eigenvalue weighted by atomic mass is 10.1. The number of nitrogens with one attached hydrogen (secondary N) is 1. The number of aromatic hydroxyl groups is 1. The van der Waals surface area contributed by atoms with Crippen molar-refractivity contribution in [3.63, 3.8) is 0 Å². The van der Waals surface area contributed by atoms with Crippen LogP contribution in [0.2, 0.25) is 0 Å². The fraction of sp³-hybridized carbons (Fsp3) is 0.304. The Morgan fingerprint density at radius 2 is 1.90 bits per heavy atom. The number of rotatable bonds is 8. The second-order valence-corrected chi connectivity index (χ2v) is 8.25. The number of nitrogens with zero attached hydrogens (tertiary/aromatic N) is 3. The minimum Gasteiger partial charge on any atom is -0.493 e. The van der Waals surface area contributed by atoms with Gasteiger partial charge in [-0.2, -0.15) is 0 Å². The maximum atomic E-state index is 12.1. The zero-order valence-electron chi connectivity index (χ0n) is 17.6. The van der Waals surface area contributed by atoms with Crippen molar-refractivity contribution in [3.05, 3.63) is 58.1 Å². The molecule has 0 fully saturated rings. The second-order valence-electron chi connectivity index (χ2n) is 7.39. The molecule has 7 nitrogen and oxygen atoms in total. The zero-order valence-corrected chi connectivity index (χ0v) is 19.1. The molecule has 0 aliphatic rings. The zero-order chi connectivity index (χ0) is 22.4. The number of unbranched alkanes of at least 4 members (excludes halogenated alkanes) is 2. The van der Waals surface area contributed by atoms with E-state index in [1.54, 1.807) is 17.7 Å². The maximum Gasteiger partial charge on any atom is 0.264 e. The van der Waals surface area contributed by atoms with E-state index in [2.05, 4.69) is 31.5 Å². The van der Waals surface area contributed by atoms with Gasteiger partial charge in [0.1, 0.15) is 0 Å². The first-order chi connectivity index (χ1) is 14.9. The van der Waals surface area contributed by atoms with Gasteiger partial charge in [0.15, 0.2) is 5.69 Å². The van der Waals surface area contributed by atoms with E-state index in [0.29, 0.717) is 24.2 Å². The van der Waals surface area contributed by atoms with Gasteiger partial charge in [-0.25, -0.2) is 0 Å². The number of azo groups is 1. The summed E-state index contributed by atoms with van der Waals surface area (Å²) in [5.74, 6) is -0.471. The molecule has 8 heteroatoms. The first-order valence-corrected chi connectivity index (χ1v) is 10.9. The Labute approximate surface area is 189 Å². The number of hydrogen-bond donors (Lipinski definition) is 2. The van der Waals surface area contributed by atoms with Crippen LogP contribution in [0.15, 0.2) is 57.2 Å². The summed E-state index contributed by atoms with van der Waals surface area (Å²) in [5, 5.41) is 21.7. The van der Waals surface area contributed by atoms with Crippen molar-refractivity contribution in [3.8, 4) is 5.88 Å². The summed E-state index contributed by atoms with van der Waals surface area (Å²) in [5.41, 5.74) is 2.77. The van der Waals surface area contributed by atoms with E-state index >= 15 is 0 Å². The highest BCUT2D eigenvalue weighted by molar-refractivity contribution is 9.10. The van der Waals surface area contributed by atoms with Crippen LogP contribution in [0.4, 0.5) is 5.69 Å². The molecule has 2 aromatic carbocycles. The van der Waals surface area contributed by atoms with Crippen molar-refractivity contribution in [2.45, 2.75) is 32.6 Å². The van der Waals surface area contributed by atoms with Crippen LogP contribution >= 0.6 is 15.9 Å². The van der Waals surface area contributed by atoms with Gasteiger partial charge in [0.2, 0.25) is 5.88 Å². The Hall–Kier alpha value is -3.00. The molecule has 0 bridgehead atoms. The Kier molecular flexibility index (Phi) is 7.57. The Morgan fingerprint density at radius 3 is 2.68 bits per heavy atom. The number of benzene rings is 2. The van der Waals surface area contributed by atoms with Crippen LogP contribution in [0.1, 0.15) is 41.6 Å². The highest BCUT2D eigenvalue weighted by Crippen LogP contribution is 2.38. The Balaban J connectivity index is 1.44. The fourth-order valence-corrected chi connectivity index (χ4v) is 3.77. The summed E-state index contributed by atoms with van der Waals surface area (Å²) in [7, 11) is 1.74. The SMILES string of the molecule is Cc1ccc2c(c1)c(N=NC(=O)CCCCCNC(=O)c1ccccc1Br)c(O)n2C. The van der Waals surface area contributed by atoms with Crippen LogP contribution in [0.5, 0.6) is 5.88 Å². The average Bonchev–Trinajstić information content (AvgIpc) is 2.98. The summed E-state index contributed by atoms with van der Waals surface area (Å²) < 4.78 is 2.38. The van der Waals surface area contributed by atoms with E-state index in [4.69, 9.17) is 0 Å². The molecule has 2 amide bonds. The van der Waals surface area contributed by atoms with Gasteiger partial charge in [-0.1, -0.05) is 30.2 Å². The molecule has 0 saturated carbocycles. The molecule has 1 heterocycles. The van der Waals surface area contributed by atoms with Gasteiger partial charge < -0.3 is 15.0 Å². The van der Waals surface area contributed by atoms with E-state index < -0.39 is 0 Å². The van der Waals surface area contributed by atoms with Crippen LogP contribution < -0.4 is 5.32 Å². The molecule has 2 N–H and O–H groups in total. The molecule has 162 valence electrons. The lowest BCUT2D eigenvalue weighted by Gasteiger charge is -2.06. The largest absolute Gasteiger partial charge is 0.493 e. The van der Waals surface area contributed by atoms with E-state index in [-0.39, 0.29) is 24.1 Å². The van der Waals surface area contributed by atoms with Crippen molar-refractivity contribution < 1.29 is 14.7 Å². The first-order valence-electron chi connectivity index (χ1n) is 10.1. The highest BCUT2D eigenvalue weighted by atomic mass is 79.9. The smallest absolute Gasteiger partial charge is 0.264 e. The van der Waals surface area contributed by atoms with Gasteiger partial charge in [0.25, 0.3) is 11.8 Å². The number of amides is 2. The normalized spacial score (nSPS) is 11.3. The van der Waals surface area contributed by atoms with Gasteiger partial charge in [0.05, 0.1) is 11.1 Å². The van der Waals surface area contributed by atoms with Gasteiger partial charge >= 0.3 is 0 Å².